The summed E-state index contributed by atoms with van der Waals surface area (Å²) in [5.74, 6) is 0.620. The van der Waals surface area contributed by atoms with Gasteiger partial charge in [-0.1, -0.05) is 39.3 Å². The van der Waals surface area contributed by atoms with Gasteiger partial charge in [-0.05, 0) is 67.9 Å². The Kier molecular flexibility index (Phi) is 5.09. The molecule has 1 aromatic carbocycles. The fraction of sp³-hybridized carbons (Fsp3) is 0.667. The van der Waals surface area contributed by atoms with Crippen molar-refractivity contribution >= 4 is 5.69 Å². The average molecular weight is 274 g/mol. The number of nitrogen functional groups attached to an aromatic ring is 1. The molecule has 1 fully saturated rings. The first kappa shape index (κ1) is 15.4. The van der Waals surface area contributed by atoms with Crippen LogP contribution in [0.1, 0.15) is 57.9 Å². The van der Waals surface area contributed by atoms with Crippen LogP contribution in [-0.4, -0.2) is 24.5 Å². The van der Waals surface area contributed by atoms with Gasteiger partial charge in [0.05, 0.1) is 0 Å². The standard InChI is InChI=1S/C18H30N2/c1-4-18(3)10-13-20(14-11-18)12-9-15(2)16-5-7-17(19)8-6-16/h5-8,15H,4,9-14,19H2,1-3H3. The van der Waals surface area contributed by atoms with Gasteiger partial charge in [-0.15, -0.1) is 0 Å². The largest absolute Gasteiger partial charge is 0.399 e. The highest BCUT2D eigenvalue weighted by Crippen LogP contribution is 2.34. The second-order valence-corrected chi connectivity index (χ2v) is 6.86. The first-order valence-corrected chi connectivity index (χ1v) is 8.10. The van der Waals surface area contributed by atoms with Crippen LogP contribution in [0.5, 0.6) is 0 Å². The van der Waals surface area contributed by atoms with Crippen molar-refractivity contribution in [2.45, 2.75) is 52.4 Å². The van der Waals surface area contributed by atoms with Crippen LogP contribution >= 0.6 is 0 Å². The molecule has 1 unspecified atom stereocenters. The number of hydrogen-bond donors (Lipinski definition) is 1. The van der Waals surface area contributed by atoms with E-state index in [9.17, 15) is 0 Å². The van der Waals surface area contributed by atoms with Gasteiger partial charge in [-0.3, -0.25) is 0 Å². The second-order valence-electron chi connectivity index (χ2n) is 6.86. The lowest BCUT2D eigenvalue weighted by atomic mass is 9.78. The Morgan fingerprint density at radius 2 is 1.80 bits per heavy atom. The lowest BCUT2D eigenvalue weighted by Gasteiger charge is -2.39. The molecule has 2 nitrogen and oxygen atoms in total. The van der Waals surface area contributed by atoms with Crippen LogP contribution in [0.25, 0.3) is 0 Å². The van der Waals surface area contributed by atoms with Gasteiger partial charge < -0.3 is 10.6 Å². The minimum Gasteiger partial charge on any atom is -0.399 e. The smallest absolute Gasteiger partial charge is 0.0314 e. The number of anilines is 1. The van der Waals surface area contributed by atoms with Crippen LogP contribution in [0.15, 0.2) is 24.3 Å². The highest BCUT2D eigenvalue weighted by molar-refractivity contribution is 5.40. The SMILES string of the molecule is CCC1(C)CCN(CCC(C)c2ccc(N)cc2)CC1. The van der Waals surface area contributed by atoms with Gasteiger partial charge in [0, 0.05) is 5.69 Å². The van der Waals surface area contributed by atoms with Crippen LogP contribution in [0, 0.1) is 5.41 Å². The Labute approximate surface area is 124 Å². The highest BCUT2D eigenvalue weighted by Gasteiger charge is 2.28. The predicted octanol–water partition coefficient (Wildman–Crippen LogP) is 4.27. The van der Waals surface area contributed by atoms with E-state index in [0.717, 1.165) is 5.69 Å². The van der Waals surface area contributed by atoms with Crippen molar-refractivity contribution in [1.82, 2.24) is 4.90 Å². The maximum Gasteiger partial charge on any atom is 0.0314 e. The Morgan fingerprint density at radius 1 is 1.20 bits per heavy atom. The van der Waals surface area contributed by atoms with E-state index in [2.05, 4.69) is 37.8 Å². The van der Waals surface area contributed by atoms with E-state index in [4.69, 9.17) is 5.73 Å². The third-order valence-corrected chi connectivity index (χ3v) is 5.30. The Bertz CT molecular complexity index is 402. The highest BCUT2D eigenvalue weighted by atomic mass is 15.1. The molecule has 0 saturated carbocycles. The monoisotopic (exact) mass is 274 g/mol. The zero-order valence-corrected chi connectivity index (χ0v) is 13.4. The van der Waals surface area contributed by atoms with Crippen molar-refractivity contribution in [3.8, 4) is 0 Å². The van der Waals surface area contributed by atoms with Crippen LogP contribution in [-0.2, 0) is 0 Å². The first-order chi connectivity index (χ1) is 9.52. The van der Waals surface area contributed by atoms with Gasteiger partial charge in [-0.2, -0.15) is 0 Å². The van der Waals surface area contributed by atoms with E-state index < -0.39 is 0 Å². The summed E-state index contributed by atoms with van der Waals surface area (Å²) in [6.45, 7) is 10.9. The second kappa shape index (κ2) is 6.62. The van der Waals surface area contributed by atoms with Crippen LogP contribution < -0.4 is 5.73 Å². The van der Waals surface area contributed by atoms with E-state index in [1.165, 1.54) is 50.9 Å². The molecule has 1 aromatic rings. The number of rotatable bonds is 5. The maximum absolute atomic E-state index is 5.75. The van der Waals surface area contributed by atoms with E-state index >= 15 is 0 Å². The summed E-state index contributed by atoms with van der Waals surface area (Å²) in [7, 11) is 0. The average Bonchev–Trinajstić information content (AvgIpc) is 2.47. The van der Waals surface area contributed by atoms with Gasteiger partial charge in [-0.25, -0.2) is 0 Å². The fourth-order valence-electron chi connectivity index (χ4n) is 3.04. The summed E-state index contributed by atoms with van der Waals surface area (Å²) in [6, 6.07) is 8.37. The van der Waals surface area contributed by atoms with Crippen molar-refractivity contribution in [3.05, 3.63) is 29.8 Å². The van der Waals surface area contributed by atoms with E-state index in [1.54, 1.807) is 0 Å². The van der Waals surface area contributed by atoms with Crippen molar-refractivity contribution < 1.29 is 0 Å². The van der Waals surface area contributed by atoms with Crippen molar-refractivity contribution in [2.75, 3.05) is 25.4 Å². The molecule has 0 radical (unpaired) electrons. The molecule has 2 heteroatoms. The quantitative estimate of drug-likeness (QED) is 0.812. The minimum absolute atomic E-state index is 0.596. The number of likely N-dealkylation sites (tertiary alicyclic amines) is 1. The Balaban J connectivity index is 1.77. The molecule has 1 heterocycles. The summed E-state index contributed by atoms with van der Waals surface area (Å²) in [6.07, 6.45) is 5.29. The summed E-state index contributed by atoms with van der Waals surface area (Å²) in [4.78, 5) is 2.64. The van der Waals surface area contributed by atoms with Gasteiger partial charge in [0.15, 0.2) is 0 Å². The molecule has 0 amide bonds. The third kappa shape index (κ3) is 3.99. The number of nitrogens with two attached hydrogens (primary N) is 1. The van der Waals surface area contributed by atoms with Crippen molar-refractivity contribution in [2.24, 2.45) is 5.41 Å². The molecule has 2 rings (SSSR count). The summed E-state index contributed by atoms with van der Waals surface area (Å²) in [5.41, 5.74) is 8.61. The topological polar surface area (TPSA) is 29.3 Å². The minimum atomic E-state index is 0.596. The van der Waals surface area contributed by atoms with E-state index in [0.29, 0.717) is 11.3 Å². The summed E-state index contributed by atoms with van der Waals surface area (Å²) >= 11 is 0. The van der Waals surface area contributed by atoms with E-state index in [-0.39, 0.29) is 0 Å². The third-order valence-electron chi connectivity index (χ3n) is 5.30. The molecule has 0 aliphatic carbocycles. The van der Waals surface area contributed by atoms with E-state index in [1.807, 2.05) is 12.1 Å². The molecular formula is C18H30N2. The predicted molar refractivity (Wildman–Crippen MR) is 88.0 cm³/mol. The molecule has 2 N–H and O–H groups in total. The molecule has 1 atom stereocenters. The summed E-state index contributed by atoms with van der Waals surface area (Å²) in [5, 5.41) is 0. The number of piperidine rings is 1. The lowest BCUT2D eigenvalue weighted by molar-refractivity contribution is 0.112. The fourth-order valence-corrected chi connectivity index (χ4v) is 3.04. The van der Waals surface area contributed by atoms with Gasteiger partial charge in [0.1, 0.15) is 0 Å². The van der Waals surface area contributed by atoms with Gasteiger partial charge >= 0.3 is 0 Å². The molecule has 20 heavy (non-hydrogen) atoms. The molecule has 112 valence electrons. The molecule has 1 aliphatic heterocycles. The van der Waals surface area contributed by atoms with Crippen LogP contribution in [0.2, 0.25) is 0 Å². The van der Waals surface area contributed by atoms with Gasteiger partial charge in [0.2, 0.25) is 0 Å². The molecular weight excluding hydrogens is 244 g/mol. The molecule has 1 saturated heterocycles. The molecule has 1 aliphatic rings. The first-order valence-electron chi connectivity index (χ1n) is 8.10. The Morgan fingerprint density at radius 3 is 2.35 bits per heavy atom. The zero-order valence-electron chi connectivity index (χ0n) is 13.4. The normalized spacial score (nSPS) is 20.8. The van der Waals surface area contributed by atoms with Gasteiger partial charge in [0.25, 0.3) is 0 Å². The zero-order chi connectivity index (χ0) is 14.6. The maximum atomic E-state index is 5.75. The van der Waals surface area contributed by atoms with Crippen LogP contribution in [0.3, 0.4) is 0 Å². The summed E-state index contributed by atoms with van der Waals surface area (Å²) < 4.78 is 0. The van der Waals surface area contributed by atoms with Crippen molar-refractivity contribution in [1.29, 1.82) is 0 Å². The number of benzene rings is 1. The number of nitrogens with zero attached hydrogens (tertiary/aromatic N) is 1. The Hall–Kier alpha value is -1.02. The molecule has 0 spiro atoms. The molecule has 0 aromatic heterocycles. The number of hydrogen-bond acceptors (Lipinski definition) is 2. The molecule has 0 bridgehead atoms. The van der Waals surface area contributed by atoms with Crippen LogP contribution in [0.4, 0.5) is 5.69 Å². The van der Waals surface area contributed by atoms with Crippen molar-refractivity contribution in [3.63, 3.8) is 0 Å². The lowest BCUT2D eigenvalue weighted by Crippen LogP contribution is -2.39.